The van der Waals surface area contributed by atoms with E-state index in [4.69, 9.17) is 4.42 Å². The Hall–Kier alpha value is -5.60. The van der Waals surface area contributed by atoms with E-state index in [1.165, 1.54) is 54.8 Å². The number of para-hydroxylation sites is 2. The van der Waals surface area contributed by atoms with Crippen LogP contribution >= 0.6 is 0 Å². The molecular weight excluding hydrogens is 534 g/mol. The monoisotopic (exact) mass is 561 g/mol. The van der Waals surface area contributed by atoms with Crippen molar-refractivity contribution in [1.82, 2.24) is 0 Å². The van der Waals surface area contributed by atoms with Crippen molar-refractivity contribution >= 4 is 65.6 Å². The summed E-state index contributed by atoms with van der Waals surface area (Å²) < 4.78 is 6.44. The number of allylic oxidation sites excluding steroid dienone is 2. The Kier molecular flexibility index (Phi) is 4.86. The van der Waals surface area contributed by atoms with Gasteiger partial charge < -0.3 is 9.32 Å². The highest BCUT2D eigenvalue weighted by Crippen LogP contribution is 2.52. The van der Waals surface area contributed by atoms with Gasteiger partial charge >= 0.3 is 0 Å². The van der Waals surface area contributed by atoms with Gasteiger partial charge in [-0.15, -0.1) is 0 Å². The van der Waals surface area contributed by atoms with Crippen LogP contribution in [-0.4, -0.2) is 6.04 Å². The van der Waals surface area contributed by atoms with E-state index in [1.54, 1.807) is 0 Å². The molecule has 0 saturated heterocycles. The summed E-state index contributed by atoms with van der Waals surface area (Å²) in [5, 5.41) is 10.0. The van der Waals surface area contributed by atoms with Crippen LogP contribution in [0.25, 0.3) is 65.4 Å². The molecule has 1 aromatic heterocycles. The van der Waals surface area contributed by atoms with Crippen LogP contribution in [0.5, 0.6) is 0 Å². The number of hydrogen-bond donors (Lipinski definition) is 0. The number of benzene rings is 7. The first-order valence-electron chi connectivity index (χ1n) is 15.4. The number of furan rings is 1. The van der Waals surface area contributed by atoms with Crippen LogP contribution in [0.4, 0.5) is 11.4 Å². The molecule has 2 nitrogen and oxygen atoms in total. The summed E-state index contributed by atoms with van der Waals surface area (Å²) in [5.41, 5.74) is 8.07. The van der Waals surface area contributed by atoms with Crippen molar-refractivity contribution in [2.24, 2.45) is 0 Å². The number of nitrogens with zero attached hydrogens (tertiary/aromatic N) is 1. The second-order valence-electron chi connectivity index (χ2n) is 12.0. The molecule has 2 unspecified atom stereocenters. The molecule has 8 aromatic rings. The van der Waals surface area contributed by atoms with Gasteiger partial charge in [0.2, 0.25) is 0 Å². The van der Waals surface area contributed by atoms with Gasteiger partial charge in [0.15, 0.2) is 0 Å². The fourth-order valence-corrected chi connectivity index (χ4v) is 7.80. The number of anilines is 2. The highest BCUT2D eigenvalue weighted by atomic mass is 16.3. The zero-order valence-corrected chi connectivity index (χ0v) is 23.9. The van der Waals surface area contributed by atoms with Crippen LogP contribution < -0.4 is 4.90 Å². The highest BCUT2D eigenvalue weighted by Gasteiger charge is 2.38. The Morgan fingerprint density at radius 3 is 2.18 bits per heavy atom. The number of fused-ring (bicyclic) bond motifs is 11. The molecule has 2 heteroatoms. The summed E-state index contributed by atoms with van der Waals surface area (Å²) in [6.07, 6.45) is 9.14. The van der Waals surface area contributed by atoms with Gasteiger partial charge in [0, 0.05) is 33.3 Å². The molecule has 0 amide bonds. The van der Waals surface area contributed by atoms with Crippen molar-refractivity contribution in [2.45, 2.75) is 12.0 Å². The highest BCUT2D eigenvalue weighted by molar-refractivity contribution is 6.21. The summed E-state index contributed by atoms with van der Waals surface area (Å²) in [7, 11) is 0. The fourth-order valence-electron chi connectivity index (χ4n) is 7.80. The zero-order valence-electron chi connectivity index (χ0n) is 23.9. The van der Waals surface area contributed by atoms with Gasteiger partial charge in [-0.05, 0) is 62.3 Å². The second-order valence-corrected chi connectivity index (χ2v) is 12.0. The van der Waals surface area contributed by atoms with Crippen molar-refractivity contribution in [1.29, 1.82) is 0 Å². The van der Waals surface area contributed by atoms with Crippen LogP contribution in [0, 0.1) is 0 Å². The molecule has 2 atom stereocenters. The first kappa shape index (κ1) is 23.9. The molecular formula is C42H27NO. The topological polar surface area (TPSA) is 16.4 Å². The maximum absolute atomic E-state index is 6.44. The Bertz CT molecular complexity index is 2530. The standard InChI is InChI=1S/C42H27NO/c1-2-11-28-26(10-1)20-22-31-30-12-3-4-13-32(30)40(25-36(28)31)43-38-18-7-5-14-33(38)37-24-27(21-23-39(37)43)29-16-9-17-35-34-15-6-8-19-41(34)44-42(29)35/h1-25,33,38H. The molecule has 2 aliphatic rings. The third-order valence-electron chi connectivity index (χ3n) is 9.77. The van der Waals surface area contributed by atoms with Gasteiger partial charge in [-0.1, -0.05) is 127 Å². The molecule has 1 aliphatic carbocycles. The van der Waals surface area contributed by atoms with Gasteiger partial charge in [-0.2, -0.15) is 0 Å². The first-order valence-corrected chi connectivity index (χ1v) is 15.4. The quantitative estimate of drug-likeness (QED) is 0.195. The summed E-state index contributed by atoms with van der Waals surface area (Å²) in [6.45, 7) is 0. The van der Waals surface area contributed by atoms with Crippen molar-refractivity contribution in [2.75, 3.05) is 4.90 Å². The zero-order chi connectivity index (χ0) is 28.8. The van der Waals surface area contributed by atoms with Gasteiger partial charge in [-0.25, -0.2) is 0 Å². The maximum atomic E-state index is 6.44. The van der Waals surface area contributed by atoms with Crippen LogP contribution in [0.15, 0.2) is 156 Å². The molecule has 0 spiro atoms. The summed E-state index contributed by atoms with van der Waals surface area (Å²) in [5.74, 6) is 0.256. The Labute approximate surface area is 254 Å². The summed E-state index contributed by atoms with van der Waals surface area (Å²) in [4.78, 5) is 2.58. The maximum Gasteiger partial charge on any atom is 0.143 e. The second kappa shape index (κ2) is 8.95. The van der Waals surface area contributed by atoms with Crippen LogP contribution in [0.2, 0.25) is 0 Å². The van der Waals surface area contributed by atoms with Crippen LogP contribution in [0.3, 0.4) is 0 Å². The molecule has 0 fully saturated rings. The Morgan fingerprint density at radius 1 is 0.500 bits per heavy atom. The lowest BCUT2D eigenvalue weighted by atomic mass is 9.89. The molecule has 10 rings (SSSR count). The van der Waals surface area contributed by atoms with Crippen LogP contribution in [-0.2, 0) is 0 Å². The molecule has 2 heterocycles. The number of hydrogen-bond acceptors (Lipinski definition) is 2. The minimum absolute atomic E-state index is 0.197. The Balaban J connectivity index is 1.22. The Morgan fingerprint density at radius 2 is 1.25 bits per heavy atom. The molecule has 1 aliphatic heterocycles. The molecule has 7 aromatic carbocycles. The lowest BCUT2D eigenvalue weighted by Crippen LogP contribution is -2.28. The van der Waals surface area contributed by atoms with Crippen molar-refractivity contribution < 1.29 is 4.42 Å². The molecule has 0 radical (unpaired) electrons. The smallest absolute Gasteiger partial charge is 0.143 e. The normalized spacial score (nSPS) is 17.3. The SMILES string of the molecule is C1=CC2c3cc(-c4cccc5c4oc4ccccc45)ccc3N(c3cc4c5ccccc5ccc4c4ccccc34)C2C=C1. The summed E-state index contributed by atoms with van der Waals surface area (Å²) in [6, 6.07) is 46.6. The summed E-state index contributed by atoms with van der Waals surface area (Å²) >= 11 is 0. The van der Waals surface area contributed by atoms with E-state index in [0.29, 0.717) is 0 Å². The predicted octanol–water partition coefficient (Wildman–Crippen LogP) is 11.4. The molecule has 44 heavy (non-hydrogen) atoms. The van der Waals surface area contributed by atoms with E-state index >= 15 is 0 Å². The molecule has 0 N–H and O–H groups in total. The van der Waals surface area contributed by atoms with E-state index < -0.39 is 0 Å². The van der Waals surface area contributed by atoms with Gasteiger partial charge in [-0.3, -0.25) is 0 Å². The van der Waals surface area contributed by atoms with Gasteiger partial charge in [0.1, 0.15) is 11.2 Å². The van der Waals surface area contributed by atoms with E-state index in [-0.39, 0.29) is 12.0 Å². The van der Waals surface area contributed by atoms with Gasteiger partial charge in [0.25, 0.3) is 0 Å². The third-order valence-corrected chi connectivity index (χ3v) is 9.77. The third kappa shape index (κ3) is 3.25. The molecule has 0 saturated carbocycles. The van der Waals surface area contributed by atoms with Crippen molar-refractivity contribution in [3.8, 4) is 11.1 Å². The minimum Gasteiger partial charge on any atom is -0.455 e. The van der Waals surface area contributed by atoms with E-state index in [0.717, 1.165) is 27.5 Å². The first-order chi connectivity index (χ1) is 21.8. The van der Waals surface area contributed by atoms with Gasteiger partial charge in [0.05, 0.1) is 11.7 Å². The lowest BCUT2D eigenvalue weighted by Gasteiger charge is -2.30. The predicted molar refractivity (Wildman–Crippen MR) is 185 cm³/mol. The lowest BCUT2D eigenvalue weighted by molar-refractivity contribution is 0.670. The van der Waals surface area contributed by atoms with E-state index in [1.807, 2.05) is 6.07 Å². The fraction of sp³-hybridized carbons (Fsp3) is 0.0476. The average molecular weight is 562 g/mol. The van der Waals surface area contributed by atoms with Crippen molar-refractivity contribution in [3.63, 3.8) is 0 Å². The van der Waals surface area contributed by atoms with E-state index in [9.17, 15) is 0 Å². The molecule has 206 valence electrons. The van der Waals surface area contributed by atoms with Crippen molar-refractivity contribution in [3.05, 3.63) is 157 Å². The largest absolute Gasteiger partial charge is 0.455 e. The van der Waals surface area contributed by atoms with E-state index in [2.05, 4.69) is 151 Å². The minimum atomic E-state index is 0.197. The van der Waals surface area contributed by atoms with Crippen LogP contribution in [0.1, 0.15) is 11.5 Å². The number of rotatable bonds is 2. The molecule has 0 bridgehead atoms. The average Bonchev–Trinajstić information content (AvgIpc) is 3.63.